The van der Waals surface area contributed by atoms with Crippen LogP contribution in [0.25, 0.3) is 22.5 Å². The quantitative estimate of drug-likeness (QED) is 0.713. The molecular formula is C15H13F2N3O3S. The maximum Gasteiger partial charge on any atom is 0.264 e. The number of rotatable bonds is 5. The normalized spacial score (nSPS) is 11.5. The lowest BCUT2D eigenvalue weighted by Crippen LogP contribution is -2.19. The van der Waals surface area contributed by atoms with Crippen LogP contribution in [-0.2, 0) is 11.3 Å². The predicted octanol–water partition coefficient (Wildman–Crippen LogP) is 3.30. The zero-order valence-electron chi connectivity index (χ0n) is 12.6. The Kier molecular flexibility index (Phi) is 4.54. The SMILES string of the molecule is COCCn1c(=S)[nH]c(=O)c2c(C(F)F)cc(-c3ccco3)nc21. The molecule has 0 saturated heterocycles. The number of aromatic amines is 1. The lowest BCUT2D eigenvalue weighted by molar-refractivity contribution is 0.153. The number of furan rings is 1. The number of halogens is 2. The Hall–Kier alpha value is -2.39. The van der Waals surface area contributed by atoms with E-state index in [0.717, 1.165) is 6.07 Å². The third-order valence-corrected chi connectivity index (χ3v) is 3.83. The molecule has 24 heavy (non-hydrogen) atoms. The van der Waals surface area contributed by atoms with Crippen LogP contribution in [0.3, 0.4) is 0 Å². The highest BCUT2D eigenvalue weighted by atomic mass is 32.1. The number of alkyl halides is 2. The van der Waals surface area contributed by atoms with E-state index in [0.29, 0.717) is 5.76 Å². The van der Waals surface area contributed by atoms with Gasteiger partial charge in [0.25, 0.3) is 12.0 Å². The number of H-pyrrole nitrogens is 1. The Morgan fingerprint density at radius 3 is 2.92 bits per heavy atom. The smallest absolute Gasteiger partial charge is 0.264 e. The van der Waals surface area contributed by atoms with Crippen molar-refractivity contribution in [3.8, 4) is 11.5 Å². The second-order valence-electron chi connectivity index (χ2n) is 4.98. The Morgan fingerprint density at radius 1 is 1.50 bits per heavy atom. The van der Waals surface area contributed by atoms with E-state index >= 15 is 0 Å². The highest BCUT2D eigenvalue weighted by Crippen LogP contribution is 2.29. The van der Waals surface area contributed by atoms with E-state index in [9.17, 15) is 13.6 Å². The van der Waals surface area contributed by atoms with Crippen molar-refractivity contribution in [1.29, 1.82) is 0 Å². The second kappa shape index (κ2) is 6.62. The monoisotopic (exact) mass is 353 g/mol. The van der Waals surface area contributed by atoms with E-state index in [4.69, 9.17) is 21.4 Å². The molecule has 0 fully saturated rings. The highest BCUT2D eigenvalue weighted by molar-refractivity contribution is 7.71. The molecular weight excluding hydrogens is 340 g/mol. The van der Waals surface area contributed by atoms with E-state index in [1.807, 2.05) is 0 Å². The summed E-state index contributed by atoms with van der Waals surface area (Å²) in [6.45, 7) is 0.548. The molecule has 3 aromatic rings. The summed E-state index contributed by atoms with van der Waals surface area (Å²) in [6, 6.07) is 4.38. The number of methoxy groups -OCH3 is 1. The maximum absolute atomic E-state index is 13.5. The molecule has 0 aromatic carbocycles. The van der Waals surface area contributed by atoms with Crippen LogP contribution >= 0.6 is 12.2 Å². The van der Waals surface area contributed by atoms with Crippen molar-refractivity contribution in [2.75, 3.05) is 13.7 Å². The minimum absolute atomic E-state index is 0.0741. The molecule has 6 nitrogen and oxygen atoms in total. The van der Waals surface area contributed by atoms with Gasteiger partial charge < -0.3 is 13.7 Å². The van der Waals surface area contributed by atoms with Gasteiger partial charge in [0.05, 0.1) is 24.8 Å². The molecule has 9 heteroatoms. The van der Waals surface area contributed by atoms with Gasteiger partial charge in [0.2, 0.25) is 0 Å². The summed E-state index contributed by atoms with van der Waals surface area (Å²) >= 11 is 5.13. The van der Waals surface area contributed by atoms with Gasteiger partial charge in [-0.2, -0.15) is 0 Å². The molecule has 3 heterocycles. The molecule has 0 spiro atoms. The van der Waals surface area contributed by atoms with Gasteiger partial charge in [0.1, 0.15) is 11.3 Å². The van der Waals surface area contributed by atoms with Crippen molar-refractivity contribution in [3.05, 3.63) is 45.2 Å². The average molecular weight is 353 g/mol. The van der Waals surface area contributed by atoms with Crippen LogP contribution in [0, 0.1) is 4.77 Å². The first-order valence-electron chi connectivity index (χ1n) is 7.01. The topological polar surface area (TPSA) is 73.0 Å². The minimum Gasteiger partial charge on any atom is -0.463 e. The summed E-state index contributed by atoms with van der Waals surface area (Å²) in [5, 5.41) is -0.190. The van der Waals surface area contributed by atoms with E-state index in [2.05, 4.69) is 9.97 Å². The molecule has 126 valence electrons. The van der Waals surface area contributed by atoms with Crippen LogP contribution in [0.15, 0.2) is 33.7 Å². The molecule has 3 aromatic heterocycles. The minimum atomic E-state index is -2.85. The van der Waals surface area contributed by atoms with Crippen molar-refractivity contribution in [3.63, 3.8) is 0 Å². The average Bonchev–Trinajstić information content (AvgIpc) is 3.08. The van der Waals surface area contributed by atoms with Crippen molar-refractivity contribution in [2.45, 2.75) is 13.0 Å². The standard InChI is InChI=1S/C15H13F2N3O3S/c1-22-6-4-20-13-11(14(21)19-15(20)24)8(12(16)17)7-9(18-13)10-3-2-5-23-10/h2-3,5,7,12H,4,6H2,1H3,(H,19,21,24). The number of ether oxygens (including phenoxy) is 1. The molecule has 0 aliphatic rings. The Morgan fingerprint density at radius 2 is 2.29 bits per heavy atom. The Balaban J connectivity index is 2.40. The fraction of sp³-hybridized carbons (Fsp3) is 0.267. The molecule has 3 rings (SSSR count). The lowest BCUT2D eigenvalue weighted by atomic mass is 10.1. The number of aromatic nitrogens is 3. The molecule has 1 N–H and O–H groups in total. The first-order valence-corrected chi connectivity index (χ1v) is 7.42. The van der Waals surface area contributed by atoms with Gasteiger partial charge in [0.15, 0.2) is 10.5 Å². The van der Waals surface area contributed by atoms with Gasteiger partial charge in [-0.3, -0.25) is 9.78 Å². The van der Waals surface area contributed by atoms with Crippen LogP contribution in [-0.4, -0.2) is 28.3 Å². The first kappa shape index (κ1) is 16.5. The van der Waals surface area contributed by atoms with Crippen LogP contribution in [0.5, 0.6) is 0 Å². The van der Waals surface area contributed by atoms with Crippen molar-refractivity contribution in [2.24, 2.45) is 0 Å². The fourth-order valence-corrected chi connectivity index (χ4v) is 2.69. The summed E-state index contributed by atoms with van der Waals surface area (Å²) in [6.07, 6.45) is -1.43. The summed E-state index contributed by atoms with van der Waals surface area (Å²) in [5.41, 5.74) is -0.842. The highest BCUT2D eigenvalue weighted by Gasteiger charge is 2.20. The molecule has 0 aliphatic carbocycles. The number of nitrogens with one attached hydrogen (secondary N) is 1. The molecule has 0 unspecified atom stereocenters. The van der Waals surface area contributed by atoms with E-state index in [-0.39, 0.29) is 34.7 Å². The van der Waals surface area contributed by atoms with Gasteiger partial charge in [-0.25, -0.2) is 13.8 Å². The number of hydrogen-bond acceptors (Lipinski definition) is 5. The summed E-state index contributed by atoms with van der Waals surface area (Å²) in [7, 11) is 1.50. The van der Waals surface area contributed by atoms with E-state index in [1.54, 1.807) is 12.1 Å². The first-order chi connectivity index (χ1) is 11.5. The number of nitrogens with zero attached hydrogens (tertiary/aromatic N) is 2. The zero-order chi connectivity index (χ0) is 17.3. The third kappa shape index (κ3) is 2.87. The van der Waals surface area contributed by atoms with Crippen LogP contribution in [0.2, 0.25) is 0 Å². The summed E-state index contributed by atoms with van der Waals surface area (Å²) < 4.78 is 38.8. The molecule has 0 saturated carbocycles. The number of fused-ring (bicyclic) bond motifs is 1. The van der Waals surface area contributed by atoms with Gasteiger partial charge in [-0.05, 0) is 30.4 Å². The van der Waals surface area contributed by atoms with Gasteiger partial charge >= 0.3 is 0 Å². The maximum atomic E-state index is 13.5. The van der Waals surface area contributed by atoms with Gasteiger partial charge in [-0.1, -0.05) is 0 Å². The van der Waals surface area contributed by atoms with Crippen molar-refractivity contribution < 1.29 is 17.9 Å². The Labute approximate surface area is 139 Å². The molecule has 0 radical (unpaired) electrons. The predicted molar refractivity (Wildman–Crippen MR) is 85.7 cm³/mol. The van der Waals surface area contributed by atoms with Crippen LogP contribution in [0.1, 0.15) is 12.0 Å². The molecule has 0 amide bonds. The van der Waals surface area contributed by atoms with Gasteiger partial charge in [-0.15, -0.1) is 0 Å². The zero-order valence-corrected chi connectivity index (χ0v) is 13.4. The van der Waals surface area contributed by atoms with Crippen molar-refractivity contribution >= 4 is 23.3 Å². The van der Waals surface area contributed by atoms with E-state index in [1.165, 1.54) is 17.9 Å². The summed E-state index contributed by atoms with van der Waals surface area (Å²) in [5.74, 6) is 0.322. The largest absolute Gasteiger partial charge is 0.463 e. The van der Waals surface area contributed by atoms with Crippen molar-refractivity contribution in [1.82, 2.24) is 14.5 Å². The Bertz CT molecular complexity index is 980. The fourth-order valence-electron chi connectivity index (χ4n) is 2.41. The van der Waals surface area contributed by atoms with Crippen LogP contribution < -0.4 is 5.56 Å². The van der Waals surface area contributed by atoms with E-state index < -0.39 is 17.5 Å². The molecule has 0 bridgehead atoms. The second-order valence-corrected chi connectivity index (χ2v) is 5.36. The third-order valence-electron chi connectivity index (χ3n) is 3.51. The van der Waals surface area contributed by atoms with Gasteiger partial charge in [0, 0.05) is 12.7 Å². The summed E-state index contributed by atoms with van der Waals surface area (Å²) in [4.78, 5) is 18.9. The molecule has 0 aliphatic heterocycles. The number of pyridine rings is 1. The lowest BCUT2D eigenvalue weighted by Gasteiger charge is -2.13. The molecule has 0 atom stereocenters. The van der Waals surface area contributed by atoms with Crippen LogP contribution in [0.4, 0.5) is 8.78 Å². The number of hydrogen-bond donors (Lipinski definition) is 1.